The summed E-state index contributed by atoms with van der Waals surface area (Å²) in [4.78, 5) is 11.9. The molecule has 1 aliphatic heterocycles. The molecule has 116 valence electrons. The van der Waals surface area contributed by atoms with Gasteiger partial charge in [0.2, 0.25) is 10.0 Å². The number of carbonyl (C=O) groups is 1. The van der Waals surface area contributed by atoms with Crippen LogP contribution in [0.25, 0.3) is 0 Å². The van der Waals surface area contributed by atoms with Crippen LogP contribution in [-0.2, 0) is 19.6 Å². The van der Waals surface area contributed by atoms with E-state index in [1.165, 1.54) is 10.4 Å². The second-order valence-corrected chi connectivity index (χ2v) is 7.23. The van der Waals surface area contributed by atoms with Crippen LogP contribution in [0, 0.1) is 6.92 Å². The van der Waals surface area contributed by atoms with Gasteiger partial charge in [-0.1, -0.05) is 17.7 Å². The number of rotatable bonds is 4. The van der Waals surface area contributed by atoms with E-state index in [0.29, 0.717) is 19.4 Å². The molecular formula is C14H18ClNO4S. The first-order valence-corrected chi connectivity index (χ1v) is 8.64. The Morgan fingerprint density at radius 1 is 1.48 bits per heavy atom. The molecule has 2 rings (SSSR count). The Morgan fingerprint density at radius 2 is 2.19 bits per heavy atom. The molecule has 1 saturated heterocycles. The molecule has 0 aromatic heterocycles. The van der Waals surface area contributed by atoms with Gasteiger partial charge in [0.05, 0.1) is 11.6 Å². The highest BCUT2D eigenvalue weighted by molar-refractivity contribution is 7.89. The van der Waals surface area contributed by atoms with Gasteiger partial charge in [0, 0.05) is 6.54 Å². The molecule has 0 bridgehead atoms. The van der Waals surface area contributed by atoms with Crippen LogP contribution in [0.5, 0.6) is 0 Å². The topological polar surface area (TPSA) is 63.7 Å². The number of aryl methyl sites for hydroxylation is 1. The molecule has 1 unspecified atom stereocenters. The number of benzene rings is 1. The van der Waals surface area contributed by atoms with Crippen LogP contribution < -0.4 is 0 Å². The fourth-order valence-electron chi connectivity index (χ4n) is 2.44. The lowest BCUT2D eigenvalue weighted by Gasteiger charge is -2.23. The molecule has 1 aliphatic rings. The SMILES string of the molecule is CCOC(=O)C1CCCN1S(=O)(=O)c1ccc(C)cc1Cl. The molecule has 1 atom stereocenters. The third-order valence-electron chi connectivity index (χ3n) is 3.44. The highest BCUT2D eigenvalue weighted by Crippen LogP contribution is 2.31. The van der Waals surface area contributed by atoms with E-state index in [2.05, 4.69) is 0 Å². The lowest BCUT2D eigenvalue weighted by molar-refractivity contribution is -0.146. The summed E-state index contributed by atoms with van der Waals surface area (Å²) in [5.74, 6) is -0.498. The molecule has 1 heterocycles. The molecule has 0 aliphatic carbocycles. The van der Waals surface area contributed by atoms with Gasteiger partial charge in [-0.05, 0) is 44.4 Å². The van der Waals surface area contributed by atoms with Gasteiger partial charge < -0.3 is 4.74 Å². The summed E-state index contributed by atoms with van der Waals surface area (Å²) in [5, 5.41) is 0.171. The van der Waals surface area contributed by atoms with E-state index >= 15 is 0 Å². The Labute approximate surface area is 129 Å². The fraction of sp³-hybridized carbons (Fsp3) is 0.500. The Morgan fingerprint density at radius 3 is 2.81 bits per heavy atom. The molecule has 0 spiro atoms. The van der Waals surface area contributed by atoms with Gasteiger partial charge in [0.25, 0.3) is 0 Å². The normalized spacial score (nSPS) is 19.7. The van der Waals surface area contributed by atoms with E-state index < -0.39 is 22.0 Å². The largest absolute Gasteiger partial charge is 0.465 e. The zero-order valence-corrected chi connectivity index (χ0v) is 13.6. The van der Waals surface area contributed by atoms with E-state index in [4.69, 9.17) is 16.3 Å². The molecule has 0 amide bonds. The Kier molecular flexibility index (Phi) is 4.91. The third kappa shape index (κ3) is 3.22. The lowest BCUT2D eigenvalue weighted by Crippen LogP contribution is -2.41. The average Bonchev–Trinajstić information content (AvgIpc) is 2.88. The molecular weight excluding hydrogens is 314 g/mol. The van der Waals surface area contributed by atoms with Crippen LogP contribution in [-0.4, -0.2) is 37.9 Å². The smallest absolute Gasteiger partial charge is 0.324 e. The van der Waals surface area contributed by atoms with Crippen molar-refractivity contribution in [2.45, 2.75) is 37.6 Å². The minimum Gasteiger partial charge on any atom is -0.465 e. The van der Waals surface area contributed by atoms with Crippen molar-refractivity contribution < 1.29 is 17.9 Å². The second-order valence-electron chi connectivity index (χ2n) is 4.96. The van der Waals surface area contributed by atoms with Crippen LogP contribution in [0.2, 0.25) is 5.02 Å². The summed E-state index contributed by atoms with van der Waals surface area (Å²) in [6.07, 6.45) is 1.10. The van der Waals surface area contributed by atoms with E-state index in [1.807, 2.05) is 6.92 Å². The first-order valence-electron chi connectivity index (χ1n) is 6.82. The third-order valence-corrected chi connectivity index (χ3v) is 5.83. The average molecular weight is 332 g/mol. The summed E-state index contributed by atoms with van der Waals surface area (Å²) >= 11 is 6.06. The number of halogens is 1. The van der Waals surface area contributed by atoms with Gasteiger partial charge in [-0.3, -0.25) is 4.79 Å². The standard InChI is InChI=1S/C14H18ClNO4S/c1-3-20-14(17)12-5-4-8-16(12)21(18,19)13-7-6-10(2)9-11(13)15/h6-7,9,12H,3-5,8H2,1-2H3. The van der Waals surface area contributed by atoms with E-state index in [9.17, 15) is 13.2 Å². The van der Waals surface area contributed by atoms with Crippen molar-refractivity contribution in [2.24, 2.45) is 0 Å². The van der Waals surface area contributed by atoms with E-state index in [1.54, 1.807) is 19.1 Å². The number of carbonyl (C=O) groups excluding carboxylic acids is 1. The minimum atomic E-state index is -3.80. The van der Waals surface area contributed by atoms with E-state index in [0.717, 1.165) is 5.56 Å². The van der Waals surface area contributed by atoms with Gasteiger partial charge in [-0.25, -0.2) is 8.42 Å². The van der Waals surface area contributed by atoms with Crippen molar-refractivity contribution in [2.75, 3.05) is 13.2 Å². The van der Waals surface area contributed by atoms with Gasteiger partial charge >= 0.3 is 5.97 Å². The number of ether oxygens (including phenoxy) is 1. The molecule has 7 heteroatoms. The van der Waals surface area contributed by atoms with Crippen molar-refractivity contribution in [3.63, 3.8) is 0 Å². The predicted molar refractivity (Wildman–Crippen MR) is 79.7 cm³/mol. The maximum absolute atomic E-state index is 12.7. The van der Waals surface area contributed by atoms with Crippen molar-refractivity contribution in [1.29, 1.82) is 0 Å². The second kappa shape index (κ2) is 6.34. The Hall–Kier alpha value is -1.11. The number of nitrogens with zero attached hydrogens (tertiary/aromatic N) is 1. The van der Waals surface area contributed by atoms with Crippen molar-refractivity contribution in [1.82, 2.24) is 4.31 Å². The highest BCUT2D eigenvalue weighted by atomic mass is 35.5. The molecule has 0 saturated carbocycles. The maximum Gasteiger partial charge on any atom is 0.324 e. The zero-order chi connectivity index (χ0) is 15.6. The van der Waals surface area contributed by atoms with Crippen LogP contribution in [0.4, 0.5) is 0 Å². The van der Waals surface area contributed by atoms with E-state index in [-0.39, 0.29) is 16.5 Å². The molecule has 21 heavy (non-hydrogen) atoms. The number of esters is 1. The maximum atomic E-state index is 12.7. The number of hydrogen-bond donors (Lipinski definition) is 0. The van der Waals surface area contributed by atoms with Crippen LogP contribution in [0.15, 0.2) is 23.1 Å². The fourth-order valence-corrected chi connectivity index (χ4v) is 4.66. The molecule has 1 aromatic rings. The van der Waals surface area contributed by atoms with Crippen molar-refractivity contribution in [3.8, 4) is 0 Å². The first kappa shape index (κ1) is 16.3. The zero-order valence-electron chi connectivity index (χ0n) is 12.0. The minimum absolute atomic E-state index is 0.0333. The summed E-state index contributed by atoms with van der Waals surface area (Å²) < 4.78 is 31.6. The van der Waals surface area contributed by atoms with Gasteiger partial charge in [0.1, 0.15) is 10.9 Å². The summed E-state index contributed by atoms with van der Waals surface area (Å²) in [5.41, 5.74) is 0.877. The number of hydrogen-bond acceptors (Lipinski definition) is 4. The highest BCUT2D eigenvalue weighted by Gasteiger charge is 2.40. The summed E-state index contributed by atoms with van der Waals surface area (Å²) in [6.45, 7) is 4.06. The van der Waals surface area contributed by atoms with Gasteiger partial charge in [-0.2, -0.15) is 4.31 Å². The summed E-state index contributed by atoms with van der Waals surface area (Å²) in [7, 11) is -3.80. The molecule has 1 fully saturated rings. The monoisotopic (exact) mass is 331 g/mol. The van der Waals surface area contributed by atoms with Crippen molar-refractivity contribution >= 4 is 27.6 Å². The van der Waals surface area contributed by atoms with Crippen LogP contribution in [0.3, 0.4) is 0 Å². The molecule has 0 N–H and O–H groups in total. The predicted octanol–water partition coefficient (Wildman–Crippen LogP) is 2.36. The van der Waals surface area contributed by atoms with Crippen LogP contribution >= 0.6 is 11.6 Å². The molecule has 1 aromatic carbocycles. The van der Waals surface area contributed by atoms with Gasteiger partial charge in [0.15, 0.2) is 0 Å². The molecule has 5 nitrogen and oxygen atoms in total. The quantitative estimate of drug-likeness (QED) is 0.794. The van der Waals surface area contributed by atoms with Crippen LogP contribution in [0.1, 0.15) is 25.3 Å². The first-order chi connectivity index (χ1) is 9.87. The summed E-state index contributed by atoms with van der Waals surface area (Å²) in [6, 6.07) is 4.01. The Balaban J connectivity index is 2.36. The number of sulfonamides is 1. The van der Waals surface area contributed by atoms with Crippen molar-refractivity contribution in [3.05, 3.63) is 28.8 Å². The molecule has 0 radical (unpaired) electrons. The lowest BCUT2D eigenvalue weighted by atomic mass is 10.2. The Bertz CT molecular complexity index is 644. The van der Waals surface area contributed by atoms with Gasteiger partial charge in [-0.15, -0.1) is 0 Å².